The van der Waals surface area contributed by atoms with Crippen LogP contribution in [0.3, 0.4) is 0 Å². The number of hydrogen-bond donors (Lipinski definition) is 18. The molecule has 4 saturated carbocycles. The molecule has 0 unspecified atom stereocenters. The summed E-state index contributed by atoms with van der Waals surface area (Å²) in [6, 6.07) is 6.84. The number of benzene rings is 6. The van der Waals surface area contributed by atoms with Gasteiger partial charge in [-0.15, -0.1) is 0 Å². The van der Waals surface area contributed by atoms with E-state index in [1.54, 1.807) is 6.92 Å². The van der Waals surface area contributed by atoms with Crippen molar-refractivity contribution < 1.29 is 116 Å². The van der Waals surface area contributed by atoms with Gasteiger partial charge in [0.15, 0.2) is 11.5 Å². The first-order chi connectivity index (χ1) is 53.8. The Morgan fingerprint density at radius 1 is 0.664 bits per heavy atom. The van der Waals surface area contributed by atoms with Gasteiger partial charge in [0.2, 0.25) is 65.1 Å². The van der Waals surface area contributed by atoms with Crippen LogP contribution in [0.5, 0.6) is 40.2 Å². The van der Waals surface area contributed by atoms with Crippen molar-refractivity contribution in [3.63, 3.8) is 0 Å². The van der Waals surface area contributed by atoms with Crippen molar-refractivity contribution in [3.05, 3.63) is 153 Å². The van der Waals surface area contributed by atoms with Gasteiger partial charge in [0, 0.05) is 17.2 Å². The SMILES string of the molecule is CCOc1ccc(S(=O)(=O)NC(=O)C[C@@H]2NC(=O)[C@H](NC(=O)[C@@H](CC(C)C)NC)[C@H](O)c3ccc(c(Cl)c3)Oc3cc4cc(c3O[C@@H]3O[C@H](CO)[C@@H](O)[C@H](O)[C@H]3O)Oc3ccc(cc3)[C@@H](O)[C@@H]3NC(=O)[C@H](NC(=O)[C@@H]4NC2=O)c2ccc4c(c2)-c2c(cc(O)cc2C4(O)O)[C@@H](C(=O)NC2C4CC5CC(C4)CC2C5)NC3=O)cc1. The lowest BCUT2D eigenvalue weighted by Gasteiger charge is -2.54. The maximum Gasteiger partial charge on any atom is 0.264 e. The standard InChI is InChI=1S/C78H86ClN9O24S/c1-5-108-42-12-14-44(15-13-42)113(106,107)88-56(91)30-51-71(98)83-60-40-26-53(69(112-77-68(96)67(95)66(94)55(31-89)111-77)54(27-40)110-52-17-9-37(25-49(52)79)65(93)63(75(102)81-51)86-70(97)50(80-4)18-32(2)3)109-43-10-6-35(7-11-43)64(92)62-76(103)85-61(74(101)82-58-38-20-33-19-34(22-38)23-39(58)21-33)46-28-41(90)29-48-57(46)45-24-36(8-16-47(45)78(48,104)105)59(72(99)87-62)84-73(60)100/h6-17,24-29,32-34,38-39,50-51,55,58-68,77,80,89-90,92-96,104-105H,5,18-23,30-31H2,1-4H3,(H,81,102)(H,82,101)(H,83,98)(H,84,100)(H,85,103)(H,86,97)(H,87,99)(H,88,91)/t33?,34?,38?,39?,50-,51+,55-,58?,59-,60-,61+,62+,63-,64-,65-,66-,67+,68-,77+/m1/s1. The molecule has 0 radical (unpaired) electrons. The average Bonchev–Trinajstić information content (AvgIpc) is 1.56. The smallest absolute Gasteiger partial charge is 0.264 e. The van der Waals surface area contributed by atoms with Crippen molar-refractivity contribution >= 4 is 68.9 Å². The van der Waals surface area contributed by atoms with Gasteiger partial charge >= 0.3 is 0 Å². The molecular weight excluding hydrogens is 1510 g/mol. The van der Waals surface area contributed by atoms with Gasteiger partial charge in [-0.25, -0.2) is 13.1 Å². The number of ether oxygens (including phenoxy) is 5. The average molecular weight is 1600 g/mol. The molecule has 18 N–H and O–H groups in total. The summed E-state index contributed by atoms with van der Waals surface area (Å²) in [7, 11) is -3.40. The van der Waals surface area contributed by atoms with Crippen LogP contribution >= 0.6 is 11.6 Å². The molecule has 1 saturated heterocycles. The number of likely N-dealkylation sites (N-methyl/N-ethyl adjacent to an activating group) is 1. The molecule has 14 atom stereocenters. The molecule has 5 fully saturated rings. The van der Waals surface area contributed by atoms with Crippen molar-refractivity contribution in [2.75, 3.05) is 20.3 Å². The number of carbonyl (C=O) groups excluding carboxylic acids is 8. The summed E-state index contributed by atoms with van der Waals surface area (Å²) in [5, 5.41) is 126. The van der Waals surface area contributed by atoms with E-state index in [-0.39, 0.29) is 104 Å². The fourth-order valence-electron chi connectivity index (χ4n) is 17.0. The summed E-state index contributed by atoms with van der Waals surface area (Å²) in [6.45, 7) is 4.56. The van der Waals surface area contributed by atoms with Gasteiger partial charge in [-0.1, -0.05) is 55.8 Å². The van der Waals surface area contributed by atoms with Crippen LogP contribution in [0.1, 0.15) is 135 Å². The number of halogens is 1. The molecule has 17 rings (SSSR count). The quantitative estimate of drug-likeness (QED) is 0.0612. The number of carbonyl (C=O) groups is 8. The summed E-state index contributed by atoms with van der Waals surface area (Å²) in [4.78, 5) is 123. The number of sulfonamides is 1. The minimum atomic E-state index is -4.86. The number of phenolic OH excluding ortho intramolecular Hbond substituents is 1. The van der Waals surface area contributed by atoms with Gasteiger partial charge in [0.05, 0.1) is 35.6 Å². The highest BCUT2D eigenvalue weighted by Crippen LogP contribution is 2.56. The Hall–Kier alpha value is -10.1. The first-order valence-corrected chi connectivity index (χ1v) is 39.0. The summed E-state index contributed by atoms with van der Waals surface area (Å²) in [5.74, 6) is -14.7. The second kappa shape index (κ2) is 31.7. The highest BCUT2D eigenvalue weighted by Gasteiger charge is 2.52. The van der Waals surface area contributed by atoms with Gasteiger partial charge in [0.25, 0.3) is 10.0 Å². The number of rotatable bonds is 16. The van der Waals surface area contributed by atoms with Crippen LogP contribution in [0.2, 0.25) is 5.02 Å². The number of aliphatic hydroxyl groups excluding tert-OH is 6. The van der Waals surface area contributed by atoms with Crippen LogP contribution in [0.25, 0.3) is 11.1 Å². The van der Waals surface area contributed by atoms with Crippen LogP contribution in [0.4, 0.5) is 0 Å². The molecule has 8 amide bonds. The molecule has 6 aromatic carbocycles. The minimum absolute atomic E-state index is 0.0844. The number of aliphatic hydroxyl groups is 8. The lowest BCUT2D eigenvalue weighted by molar-refractivity contribution is -0.277. The minimum Gasteiger partial charge on any atom is -0.508 e. The Labute approximate surface area is 651 Å². The zero-order valence-electron chi connectivity index (χ0n) is 61.2. The largest absolute Gasteiger partial charge is 0.508 e. The van der Waals surface area contributed by atoms with E-state index in [1.807, 2.05) is 18.6 Å². The number of nitrogens with one attached hydrogen (secondary N) is 9. The van der Waals surface area contributed by atoms with E-state index in [1.165, 1.54) is 73.8 Å². The van der Waals surface area contributed by atoms with E-state index in [2.05, 4.69) is 42.5 Å². The molecule has 6 heterocycles. The third kappa shape index (κ3) is 15.8. The van der Waals surface area contributed by atoms with Gasteiger partial charge in [-0.3, -0.25) is 38.4 Å². The molecule has 5 aliphatic carbocycles. The maximum atomic E-state index is 16.4. The predicted octanol–water partition coefficient (Wildman–Crippen LogP) is 1.58. The number of amides is 8. The molecule has 113 heavy (non-hydrogen) atoms. The lowest BCUT2D eigenvalue weighted by atomic mass is 9.54. The predicted molar refractivity (Wildman–Crippen MR) is 395 cm³/mol. The summed E-state index contributed by atoms with van der Waals surface area (Å²) < 4.78 is 60.8. The van der Waals surface area contributed by atoms with Gasteiger partial charge in [-0.2, -0.15) is 0 Å². The van der Waals surface area contributed by atoms with Crippen LogP contribution in [-0.4, -0.2) is 183 Å². The van der Waals surface area contributed by atoms with E-state index in [0.29, 0.717) is 11.8 Å². The van der Waals surface area contributed by atoms with Crippen LogP contribution in [0, 0.1) is 29.6 Å². The summed E-state index contributed by atoms with van der Waals surface area (Å²) >= 11 is 7.07. The van der Waals surface area contributed by atoms with Crippen molar-refractivity contribution in [2.24, 2.45) is 29.6 Å². The Morgan fingerprint density at radius 3 is 1.96 bits per heavy atom. The highest BCUT2D eigenvalue weighted by atomic mass is 35.5. The fraction of sp³-hybridized carbons (Fsp3) is 0.436. The second-order valence-electron chi connectivity index (χ2n) is 30.4. The molecule has 35 heteroatoms. The molecule has 11 aliphatic rings. The summed E-state index contributed by atoms with van der Waals surface area (Å²) in [6.07, 6.45) is -10.8. The van der Waals surface area contributed by atoms with Crippen molar-refractivity contribution in [3.8, 4) is 51.4 Å². The van der Waals surface area contributed by atoms with E-state index < -0.39 is 195 Å². The van der Waals surface area contributed by atoms with Gasteiger partial charge in [-0.05, 0) is 200 Å². The molecule has 0 aromatic heterocycles. The Balaban J connectivity index is 0.953. The third-order valence-electron chi connectivity index (χ3n) is 22.3. The first-order valence-electron chi connectivity index (χ1n) is 37.1. The maximum absolute atomic E-state index is 16.4. The number of hydrogen-bond acceptors (Lipinski definition) is 25. The molecule has 15 bridgehead atoms. The first kappa shape index (κ1) is 79.6. The van der Waals surface area contributed by atoms with Crippen molar-refractivity contribution in [1.29, 1.82) is 0 Å². The zero-order valence-corrected chi connectivity index (χ0v) is 62.8. The third-order valence-corrected chi connectivity index (χ3v) is 24.0. The molecule has 6 aliphatic heterocycles. The number of fused-ring (bicyclic) bond motifs is 12. The summed E-state index contributed by atoms with van der Waals surface area (Å²) in [5.41, 5.74) is -2.05. The van der Waals surface area contributed by atoms with Crippen molar-refractivity contribution in [1.82, 2.24) is 47.3 Å². The molecule has 0 spiro atoms. The highest BCUT2D eigenvalue weighted by molar-refractivity contribution is 7.90. The number of phenols is 1. The monoisotopic (exact) mass is 1600 g/mol. The molecule has 600 valence electrons. The topological polar surface area (TPSA) is 507 Å². The Bertz CT molecular complexity index is 4850. The van der Waals surface area contributed by atoms with Crippen LogP contribution in [0.15, 0.2) is 114 Å². The van der Waals surface area contributed by atoms with Gasteiger partial charge < -0.3 is 112 Å². The van der Waals surface area contributed by atoms with E-state index >= 15 is 28.8 Å². The number of aromatic hydroxyl groups is 1. The van der Waals surface area contributed by atoms with Crippen LogP contribution in [-0.2, 0) is 58.9 Å². The van der Waals surface area contributed by atoms with Crippen molar-refractivity contribution in [2.45, 2.75) is 168 Å². The lowest BCUT2D eigenvalue weighted by Crippen LogP contribution is -2.60. The Morgan fingerprint density at radius 2 is 1.31 bits per heavy atom. The fourth-order valence-corrected chi connectivity index (χ4v) is 18.2. The molecular formula is C78H86ClN9O24S. The van der Waals surface area contributed by atoms with E-state index in [9.17, 15) is 64.0 Å². The Kier molecular flexibility index (Phi) is 22.3. The van der Waals surface area contributed by atoms with E-state index in [4.69, 9.17) is 35.3 Å². The second-order valence-corrected chi connectivity index (χ2v) is 32.5. The normalized spacial score (nSPS) is 29.1. The van der Waals surface area contributed by atoms with Gasteiger partial charge in [0.1, 0.15) is 95.9 Å². The molecule has 6 aromatic rings. The van der Waals surface area contributed by atoms with Crippen LogP contribution < -0.4 is 66.2 Å². The van der Waals surface area contributed by atoms with E-state index in [0.717, 1.165) is 74.6 Å². The molecule has 33 nitrogen and oxygen atoms in total. The zero-order chi connectivity index (χ0) is 80.5.